The van der Waals surface area contributed by atoms with Crippen LogP contribution < -0.4 is 4.74 Å². The van der Waals surface area contributed by atoms with E-state index in [4.69, 9.17) is 4.74 Å². The topological polar surface area (TPSA) is 137 Å². The molecule has 194 valence electrons. The average Bonchev–Trinajstić information content (AvgIpc) is 3.37. The fraction of sp³-hybridized carbons (Fsp3) is 0.333. The highest BCUT2D eigenvalue weighted by Gasteiger charge is 2.49. The van der Waals surface area contributed by atoms with Gasteiger partial charge >= 0.3 is 0 Å². The van der Waals surface area contributed by atoms with Crippen LogP contribution in [0.15, 0.2) is 55.4 Å². The van der Waals surface area contributed by atoms with Crippen LogP contribution in [0, 0.1) is 0 Å². The third-order valence-corrected chi connectivity index (χ3v) is 7.75. The molecule has 0 radical (unpaired) electrons. The van der Waals surface area contributed by atoms with Crippen molar-refractivity contribution in [3.05, 3.63) is 78.0 Å². The molecule has 1 fully saturated rings. The zero-order valence-corrected chi connectivity index (χ0v) is 20.9. The van der Waals surface area contributed by atoms with E-state index >= 15 is 0 Å². The summed E-state index contributed by atoms with van der Waals surface area (Å²) in [6, 6.07) is 5.29. The Bertz CT molecular complexity index is 1480. The predicted molar refractivity (Wildman–Crippen MR) is 137 cm³/mol. The molecular weight excluding hydrogens is 486 g/mol. The van der Waals surface area contributed by atoms with Crippen molar-refractivity contribution in [1.29, 1.82) is 0 Å². The van der Waals surface area contributed by atoms with Gasteiger partial charge in [0.1, 0.15) is 17.1 Å². The molecule has 5 heterocycles. The van der Waals surface area contributed by atoms with E-state index in [9.17, 15) is 14.7 Å². The van der Waals surface area contributed by atoms with Crippen molar-refractivity contribution in [2.75, 3.05) is 33.4 Å². The maximum atomic E-state index is 13.7. The SMILES string of the molecule is COc1ccc2c3c([nH]c2c1)[C@@H](CO)N(C(=O)c1cnccn1)CC31CCN(C(=O)c2cnccn2)CC1. The van der Waals surface area contributed by atoms with Crippen LogP contribution in [-0.4, -0.2) is 85.0 Å². The highest BCUT2D eigenvalue weighted by molar-refractivity contribution is 5.94. The second-order valence-corrected chi connectivity index (χ2v) is 9.71. The molecule has 1 spiro atoms. The number of carbonyl (C=O) groups is 2. The number of nitrogens with zero attached hydrogens (tertiary/aromatic N) is 6. The van der Waals surface area contributed by atoms with Gasteiger partial charge in [-0.1, -0.05) is 0 Å². The van der Waals surface area contributed by atoms with Gasteiger partial charge in [-0.3, -0.25) is 19.6 Å². The van der Waals surface area contributed by atoms with Gasteiger partial charge in [0.2, 0.25) is 0 Å². The first-order valence-corrected chi connectivity index (χ1v) is 12.5. The van der Waals surface area contributed by atoms with Crippen molar-refractivity contribution in [3.8, 4) is 5.75 Å². The van der Waals surface area contributed by atoms with Crippen LogP contribution in [0.1, 0.15) is 51.1 Å². The average molecular weight is 514 g/mol. The molecule has 2 N–H and O–H groups in total. The van der Waals surface area contributed by atoms with E-state index in [0.29, 0.717) is 43.9 Å². The van der Waals surface area contributed by atoms with Crippen LogP contribution in [0.25, 0.3) is 10.9 Å². The quantitative estimate of drug-likeness (QED) is 0.423. The highest BCUT2D eigenvalue weighted by Crippen LogP contribution is 2.49. The number of methoxy groups -OCH3 is 1. The summed E-state index contributed by atoms with van der Waals surface area (Å²) in [6.45, 7) is 1.12. The lowest BCUT2D eigenvalue weighted by molar-refractivity contribution is 0.0320. The lowest BCUT2D eigenvalue weighted by Crippen LogP contribution is -2.56. The van der Waals surface area contributed by atoms with E-state index in [-0.39, 0.29) is 24.1 Å². The number of benzene rings is 1. The van der Waals surface area contributed by atoms with Crippen LogP contribution in [0.5, 0.6) is 5.75 Å². The van der Waals surface area contributed by atoms with Crippen LogP contribution in [-0.2, 0) is 5.41 Å². The number of piperidine rings is 1. The number of amides is 2. The molecule has 2 amide bonds. The van der Waals surface area contributed by atoms with Crippen molar-refractivity contribution in [3.63, 3.8) is 0 Å². The molecule has 0 bridgehead atoms. The molecule has 0 saturated carbocycles. The van der Waals surface area contributed by atoms with Crippen LogP contribution in [0.4, 0.5) is 0 Å². The Labute approximate surface area is 218 Å². The molecule has 2 aliphatic heterocycles. The summed E-state index contributed by atoms with van der Waals surface area (Å²) in [5.41, 5.74) is 2.85. The van der Waals surface area contributed by atoms with Gasteiger partial charge in [-0.2, -0.15) is 0 Å². The molecule has 38 heavy (non-hydrogen) atoms. The van der Waals surface area contributed by atoms with E-state index in [1.807, 2.05) is 18.2 Å². The number of hydrogen-bond acceptors (Lipinski definition) is 8. The molecule has 3 aromatic heterocycles. The normalized spacial score (nSPS) is 18.4. The zero-order valence-electron chi connectivity index (χ0n) is 20.9. The third kappa shape index (κ3) is 3.86. The zero-order chi connectivity index (χ0) is 26.3. The number of nitrogens with one attached hydrogen (secondary N) is 1. The summed E-state index contributed by atoms with van der Waals surface area (Å²) in [5, 5.41) is 11.5. The van der Waals surface area contributed by atoms with Crippen LogP contribution in [0.2, 0.25) is 0 Å². The van der Waals surface area contributed by atoms with E-state index in [1.165, 1.54) is 37.2 Å². The second kappa shape index (κ2) is 9.49. The Kier molecular flexibility index (Phi) is 5.99. The maximum absolute atomic E-state index is 13.7. The fourth-order valence-electron chi connectivity index (χ4n) is 5.89. The van der Waals surface area contributed by atoms with Gasteiger partial charge in [0.25, 0.3) is 11.8 Å². The molecule has 2 aliphatic rings. The lowest BCUT2D eigenvalue weighted by atomic mass is 9.68. The molecule has 4 aromatic rings. The fourth-order valence-corrected chi connectivity index (χ4v) is 5.89. The summed E-state index contributed by atoms with van der Waals surface area (Å²) < 4.78 is 5.44. The minimum Gasteiger partial charge on any atom is -0.497 e. The van der Waals surface area contributed by atoms with Crippen LogP contribution >= 0.6 is 0 Å². The molecule has 0 unspecified atom stereocenters. The summed E-state index contributed by atoms with van der Waals surface area (Å²) in [5.74, 6) is 0.257. The first-order valence-electron chi connectivity index (χ1n) is 12.5. The molecule has 1 aromatic carbocycles. The summed E-state index contributed by atoms with van der Waals surface area (Å²) >= 11 is 0. The second-order valence-electron chi connectivity index (χ2n) is 9.71. The first-order chi connectivity index (χ1) is 18.5. The maximum Gasteiger partial charge on any atom is 0.274 e. The van der Waals surface area contributed by atoms with E-state index in [0.717, 1.165) is 22.2 Å². The standard InChI is InChI=1S/C27H27N7O4/c1-38-17-2-3-18-19(12-17)32-24-22(15-35)34(26(37)21-14-29-7-9-31-21)16-27(23(18)24)4-10-33(11-5-27)25(36)20-13-28-6-8-30-20/h2-3,6-9,12-14,22,32,35H,4-5,10-11,15-16H2,1H3/t22-/m1/s1. The number of likely N-dealkylation sites (tertiary alicyclic amines) is 1. The smallest absolute Gasteiger partial charge is 0.274 e. The number of ether oxygens (including phenoxy) is 1. The number of H-pyrrole nitrogens is 1. The van der Waals surface area contributed by atoms with Gasteiger partial charge in [-0.05, 0) is 30.5 Å². The number of fused-ring (bicyclic) bond motifs is 4. The Hall–Kier alpha value is -4.38. The van der Waals surface area contributed by atoms with Gasteiger partial charge in [-0.15, -0.1) is 0 Å². The minimum atomic E-state index is -0.581. The Morgan fingerprint density at radius 1 is 1.05 bits per heavy atom. The molecular formula is C27H27N7O4. The van der Waals surface area contributed by atoms with Crippen molar-refractivity contribution in [1.82, 2.24) is 34.7 Å². The largest absolute Gasteiger partial charge is 0.497 e. The van der Waals surface area contributed by atoms with Crippen molar-refractivity contribution in [2.24, 2.45) is 0 Å². The Balaban J connectivity index is 1.42. The third-order valence-electron chi connectivity index (χ3n) is 7.75. The van der Waals surface area contributed by atoms with Gasteiger partial charge in [0, 0.05) is 72.5 Å². The van der Waals surface area contributed by atoms with Crippen molar-refractivity contribution in [2.45, 2.75) is 24.3 Å². The lowest BCUT2D eigenvalue weighted by Gasteiger charge is -2.50. The van der Waals surface area contributed by atoms with Crippen molar-refractivity contribution >= 4 is 22.7 Å². The molecule has 11 nitrogen and oxygen atoms in total. The Morgan fingerprint density at radius 3 is 2.34 bits per heavy atom. The molecule has 1 atom stereocenters. The monoisotopic (exact) mass is 513 g/mol. The molecule has 11 heteroatoms. The number of rotatable bonds is 4. The number of aromatic amines is 1. The first kappa shape index (κ1) is 24.0. The predicted octanol–water partition coefficient (Wildman–Crippen LogP) is 2.12. The van der Waals surface area contributed by atoms with E-state index < -0.39 is 11.5 Å². The summed E-state index contributed by atoms with van der Waals surface area (Å²) in [4.78, 5) is 50.2. The number of aliphatic hydroxyl groups excluding tert-OH is 1. The van der Waals surface area contributed by atoms with E-state index in [2.05, 4.69) is 24.9 Å². The number of carbonyl (C=O) groups excluding carboxylic acids is 2. The molecule has 6 rings (SSSR count). The summed E-state index contributed by atoms with van der Waals surface area (Å²) in [7, 11) is 1.62. The number of aromatic nitrogens is 5. The van der Waals surface area contributed by atoms with Gasteiger partial charge in [-0.25, -0.2) is 9.97 Å². The van der Waals surface area contributed by atoms with E-state index in [1.54, 1.807) is 16.9 Å². The van der Waals surface area contributed by atoms with Gasteiger partial charge in [0.05, 0.1) is 32.2 Å². The summed E-state index contributed by atoms with van der Waals surface area (Å²) in [6.07, 6.45) is 10.2. The number of hydrogen-bond donors (Lipinski definition) is 2. The minimum absolute atomic E-state index is 0.159. The van der Waals surface area contributed by atoms with Crippen LogP contribution in [0.3, 0.4) is 0 Å². The van der Waals surface area contributed by atoms with Crippen molar-refractivity contribution < 1.29 is 19.4 Å². The molecule has 0 aliphatic carbocycles. The molecule has 1 saturated heterocycles. The Morgan fingerprint density at radius 2 is 1.74 bits per heavy atom. The number of aliphatic hydroxyl groups is 1. The van der Waals surface area contributed by atoms with Gasteiger partial charge in [0.15, 0.2) is 0 Å². The van der Waals surface area contributed by atoms with Gasteiger partial charge < -0.3 is 24.6 Å². The highest BCUT2D eigenvalue weighted by atomic mass is 16.5.